The molecule has 1 nitrogen and oxygen atoms in total. The topological polar surface area (TPSA) is 9.23 Å². The molecular formula is C15H13F3O. The lowest BCUT2D eigenvalue weighted by atomic mass is 10.0. The monoisotopic (exact) mass is 266 g/mol. The molecule has 0 amide bonds. The second-order valence-corrected chi connectivity index (χ2v) is 4.10. The molecule has 100 valence electrons. The summed E-state index contributed by atoms with van der Waals surface area (Å²) < 4.78 is 41.5. The summed E-state index contributed by atoms with van der Waals surface area (Å²) in [4.78, 5) is 0. The standard InChI is InChI=1S/C15H13F3O/c1-2-11-8-9-13(12-6-4-3-5-7-12)14(10-11)19-15(16,17)18/h3-10H,2H2,1H3. The first-order valence-electron chi connectivity index (χ1n) is 5.93. The maximum absolute atomic E-state index is 12.5. The maximum Gasteiger partial charge on any atom is 0.573 e. The lowest BCUT2D eigenvalue weighted by Crippen LogP contribution is -2.17. The van der Waals surface area contributed by atoms with Crippen molar-refractivity contribution in [3.63, 3.8) is 0 Å². The first-order valence-corrected chi connectivity index (χ1v) is 5.93. The number of benzene rings is 2. The highest BCUT2D eigenvalue weighted by atomic mass is 19.4. The molecule has 4 heteroatoms. The van der Waals surface area contributed by atoms with Crippen molar-refractivity contribution in [2.75, 3.05) is 0 Å². The second kappa shape index (κ2) is 5.34. The van der Waals surface area contributed by atoms with Crippen LogP contribution in [0.1, 0.15) is 12.5 Å². The average Bonchev–Trinajstić information content (AvgIpc) is 2.38. The van der Waals surface area contributed by atoms with Gasteiger partial charge in [0.05, 0.1) is 0 Å². The first-order chi connectivity index (χ1) is 8.99. The highest BCUT2D eigenvalue weighted by Crippen LogP contribution is 2.34. The Morgan fingerprint density at radius 1 is 1.00 bits per heavy atom. The van der Waals surface area contributed by atoms with Gasteiger partial charge in [0.1, 0.15) is 5.75 Å². The van der Waals surface area contributed by atoms with E-state index in [0.717, 1.165) is 5.56 Å². The fourth-order valence-corrected chi connectivity index (χ4v) is 1.85. The lowest BCUT2D eigenvalue weighted by Gasteiger charge is -2.14. The van der Waals surface area contributed by atoms with E-state index in [-0.39, 0.29) is 5.75 Å². The van der Waals surface area contributed by atoms with Gasteiger partial charge >= 0.3 is 6.36 Å². The van der Waals surface area contributed by atoms with Crippen molar-refractivity contribution in [1.29, 1.82) is 0 Å². The fourth-order valence-electron chi connectivity index (χ4n) is 1.85. The van der Waals surface area contributed by atoms with Crippen LogP contribution in [0, 0.1) is 0 Å². The summed E-state index contributed by atoms with van der Waals surface area (Å²) in [5.74, 6) is -0.155. The molecule has 0 spiro atoms. The van der Waals surface area contributed by atoms with Crippen molar-refractivity contribution in [3.05, 3.63) is 54.1 Å². The third-order valence-electron chi connectivity index (χ3n) is 2.76. The van der Waals surface area contributed by atoms with Gasteiger partial charge in [-0.05, 0) is 23.6 Å². The molecule has 0 aliphatic carbocycles. The van der Waals surface area contributed by atoms with Gasteiger partial charge in [0.25, 0.3) is 0 Å². The van der Waals surface area contributed by atoms with Crippen LogP contribution in [0.5, 0.6) is 5.75 Å². The summed E-state index contributed by atoms with van der Waals surface area (Å²) in [6.07, 6.45) is -4.03. The van der Waals surface area contributed by atoms with Gasteiger partial charge in [0, 0.05) is 5.56 Å². The van der Waals surface area contributed by atoms with Gasteiger partial charge in [-0.25, -0.2) is 0 Å². The van der Waals surface area contributed by atoms with Gasteiger partial charge in [-0.1, -0.05) is 49.4 Å². The van der Waals surface area contributed by atoms with Crippen LogP contribution in [0.15, 0.2) is 48.5 Å². The molecule has 0 saturated heterocycles. The number of halogens is 3. The number of hydrogen-bond acceptors (Lipinski definition) is 1. The summed E-state index contributed by atoms with van der Waals surface area (Å²) >= 11 is 0. The number of ether oxygens (including phenoxy) is 1. The second-order valence-electron chi connectivity index (χ2n) is 4.10. The Kier molecular flexibility index (Phi) is 3.79. The summed E-state index contributed by atoms with van der Waals surface area (Å²) in [6, 6.07) is 13.8. The fraction of sp³-hybridized carbons (Fsp3) is 0.200. The number of rotatable bonds is 3. The zero-order valence-electron chi connectivity index (χ0n) is 10.4. The van der Waals surface area contributed by atoms with E-state index >= 15 is 0 Å². The van der Waals surface area contributed by atoms with Crippen LogP contribution in [0.25, 0.3) is 11.1 Å². The molecule has 0 heterocycles. The minimum Gasteiger partial charge on any atom is -0.405 e. The van der Waals surface area contributed by atoms with Crippen LogP contribution in [-0.2, 0) is 6.42 Å². The summed E-state index contributed by atoms with van der Waals surface area (Å²) in [7, 11) is 0. The van der Waals surface area contributed by atoms with E-state index in [0.29, 0.717) is 17.5 Å². The number of hydrogen-bond donors (Lipinski definition) is 0. The van der Waals surface area contributed by atoms with Crippen LogP contribution < -0.4 is 4.74 Å². The smallest absolute Gasteiger partial charge is 0.405 e. The van der Waals surface area contributed by atoms with Gasteiger partial charge in [0.15, 0.2) is 0 Å². The van der Waals surface area contributed by atoms with E-state index in [9.17, 15) is 13.2 Å². The molecule has 0 aromatic heterocycles. The van der Waals surface area contributed by atoms with Crippen LogP contribution in [0.4, 0.5) is 13.2 Å². The van der Waals surface area contributed by atoms with Crippen molar-refractivity contribution in [1.82, 2.24) is 0 Å². The van der Waals surface area contributed by atoms with E-state index < -0.39 is 6.36 Å². The van der Waals surface area contributed by atoms with Crippen molar-refractivity contribution in [2.24, 2.45) is 0 Å². The minimum atomic E-state index is -4.68. The van der Waals surface area contributed by atoms with Crippen LogP contribution >= 0.6 is 0 Å². The molecule has 2 rings (SSSR count). The number of alkyl halides is 3. The summed E-state index contributed by atoms with van der Waals surface area (Å²) in [6.45, 7) is 1.88. The Morgan fingerprint density at radius 2 is 1.68 bits per heavy atom. The first kappa shape index (κ1) is 13.5. The molecule has 2 aromatic rings. The van der Waals surface area contributed by atoms with Gasteiger partial charge in [-0.3, -0.25) is 0 Å². The average molecular weight is 266 g/mol. The predicted octanol–water partition coefficient (Wildman–Crippen LogP) is 4.81. The van der Waals surface area contributed by atoms with E-state index in [1.54, 1.807) is 30.3 Å². The minimum absolute atomic E-state index is 0.155. The Bertz CT molecular complexity index is 547. The molecule has 0 saturated carbocycles. The Hall–Kier alpha value is -1.97. The Labute approximate surface area is 109 Å². The van der Waals surface area contributed by atoms with E-state index in [4.69, 9.17) is 0 Å². The van der Waals surface area contributed by atoms with Crippen LogP contribution in [0.2, 0.25) is 0 Å². The molecule has 0 radical (unpaired) electrons. The molecule has 19 heavy (non-hydrogen) atoms. The van der Waals surface area contributed by atoms with E-state index in [1.165, 1.54) is 6.07 Å². The van der Waals surface area contributed by atoms with Gasteiger partial charge in [-0.15, -0.1) is 13.2 Å². The highest BCUT2D eigenvalue weighted by molar-refractivity contribution is 5.70. The van der Waals surface area contributed by atoms with E-state index in [2.05, 4.69) is 4.74 Å². The SMILES string of the molecule is CCc1ccc(-c2ccccc2)c(OC(F)(F)F)c1. The van der Waals surface area contributed by atoms with Crippen LogP contribution in [0.3, 0.4) is 0 Å². The quantitative estimate of drug-likeness (QED) is 0.774. The third-order valence-corrected chi connectivity index (χ3v) is 2.76. The largest absolute Gasteiger partial charge is 0.573 e. The van der Waals surface area contributed by atoms with Crippen molar-refractivity contribution in [3.8, 4) is 16.9 Å². The maximum atomic E-state index is 12.5. The molecule has 0 atom stereocenters. The zero-order valence-corrected chi connectivity index (χ0v) is 10.4. The molecule has 0 aliphatic rings. The molecule has 0 unspecified atom stereocenters. The molecular weight excluding hydrogens is 253 g/mol. The van der Waals surface area contributed by atoms with Crippen molar-refractivity contribution < 1.29 is 17.9 Å². The molecule has 0 N–H and O–H groups in total. The van der Waals surface area contributed by atoms with Crippen LogP contribution in [-0.4, -0.2) is 6.36 Å². The van der Waals surface area contributed by atoms with Crippen molar-refractivity contribution >= 4 is 0 Å². The Morgan fingerprint density at radius 3 is 2.26 bits per heavy atom. The third kappa shape index (κ3) is 3.50. The van der Waals surface area contributed by atoms with Gasteiger partial charge < -0.3 is 4.74 Å². The van der Waals surface area contributed by atoms with Crippen molar-refractivity contribution in [2.45, 2.75) is 19.7 Å². The molecule has 0 fully saturated rings. The lowest BCUT2D eigenvalue weighted by molar-refractivity contribution is -0.274. The molecule has 0 aliphatic heterocycles. The normalized spacial score (nSPS) is 11.4. The van der Waals surface area contributed by atoms with Gasteiger partial charge in [-0.2, -0.15) is 0 Å². The predicted molar refractivity (Wildman–Crippen MR) is 67.9 cm³/mol. The molecule has 2 aromatic carbocycles. The Balaban J connectivity index is 2.48. The summed E-state index contributed by atoms with van der Waals surface area (Å²) in [5.41, 5.74) is 1.94. The molecule has 0 bridgehead atoms. The van der Waals surface area contributed by atoms with Gasteiger partial charge in [0.2, 0.25) is 0 Å². The van der Waals surface area contributed by atoms with E-state index in [1.807, 2.05) is 19.1 Å². The number of aryl methyl sites for hydroxylation is 1. The summed E-state index contributed by atoms with van der Waals surface area (Å²) in [5, 5.41) is 0. The zero-order chi connectivity index (χ0) is 13.9. The highest BCUT2D eigenvalue weighted by Gasteiger charge is 2.32.